The lowest BCUT2D eigenvalue weighted by molar-refractivity contribution is -0.735. The lowest BCUT2D eigenvalue weighted by Crippen LogP contribution is -2.54. The molecule has 2 fully saturated rings. The van der Waals surface area contributed by atoms with Gasteiger partial charge in [-0.25, -0.2) is 9.13 Å². The molecule has 0 spiro atoms. The van der Waals surface area contributed by atoms with E-state index in [1.54, 1.807) is 0 Å². The molecule has 2 aromatic carbocycles. The first-order chi connectivity index (χ1) is 16.9. The van der Waals surface area contributed by atoms with E-state index in [4.69, 9.17) is 0 Å². The van der Waals surface area contributed by atoms with Crippen LogP contribution < -0.4 is 4.57 Å². The van der Waals surface area contributed by atoms with Gasteiger partial charge in [-0.3, -0.25) is 0 Å². The zero-order valence-electron chi connectivity index (χ0n) is 22.4. The van der Waals surface area contributed by atoms with Crippen LogP contribution in [0.15, 0.2) is 79.4 Å². The third kappa shape index (κ3) is 4.50. The van der Waals surface area contributed by atoms with Gasteiger partial charge in [-0.05, 0) is 61.5 Å². The fourth-order valence-corrected chi connectivity index (χ4v) is 7.20. The van der Waals surface area contributed by atoms with Crippen LogP contribution in [-0.4, -0.2) is 4.57 Å². The van der Waals surface area contributed by atoms with Gasteiger partial charge in [0.15, 0.2) is 0 Å². The second-order valence-corrected chi connectivity index (χ2v) is 12.4. The van der Waals surface area contributed by atoms with Crippen LogP contribution in [0.25, 0.3) is 0 Å². The predicted molar refractivity (Wildman–Crippen MR) is 146 cm³/mol. The summed E-state index contributed by atoms with van der Waals surface area (Å²) in [4.78, 5) is 0. The van der Waals surface area contributed by atoms with Gasteiger partial charge in [-0.1, -0.05) is 101 Å². The van der Waals surface area contributed by atoms with Crippen molar-refractivity contribution in [3.05, 3.63) is 90.5 Å². The molecule has 3 aromatic rings. The highest BCUT2D eigenvalue weighted by atomic mass is 15.2. The van der Waals surface area contributed by atoms with Gasteiger partial charge in [0.25, 0.3) is 0 Å². The van der Waals surface area contributed by atoms with Gasteiger partial charge in [-0.15, -0.1) is 0 Å². The Morgan fingerprint density at radius 3 is 1.69 bits per heavy atom. The Hall–Kier alpha value is -2.35. The van der Waals surface area contributed by atoms with Crippen LogP contribution in [0.3, 0.4) is 0 Å². The number of imidazole rings is 1. The number of rotatable bonds is 10. The first-order valence-corrected chi connectivity index (χ1v) is 14.1. The summed E-state index contributed by atoms with van der Waals surface area (Å²) in [6, 6.07) is 23.8. The van der Waals surface area contributed by atoms with Gasteiger partial charge < -0.3 is 0 Å². The Morgan fingerprint density at radius 2 is 1.23 bits per heavy atom. The van der Waals surface area contributed by atoms with Crippen molar-refractivity contribution in [2.24, 2.45) is 11.8 Å². The summed E-state index contributed by atoms with van der Waals surface area (Å²) in [6.45, 7) is 9.56. The lowest BCUT2D eigenvalue weighted by atomic mass is 9.58. The Morgan fingerprint density at radius 1 is 0.714 bits per heavy atom. The number of benzene rings is 2. The van der Waals surface area contributed by atoms with Crippen molar-refractivity contribution in [2.45, 2.75) is 102 Å². The van der Waals surface area contributed by atoms with Gasteiger partial charge in [-0.2, -0.15) is 0 Å². The Labute approximate surface area is 213 Å². The number of nitrogens with zero attached hydrogens (tertiary/aromatic N) is 2. The van der Waals surface area contributed by atoms with Crippen LogP contribution >= 0.6 is 0 Å². The topological polar surface area (TPSA) is 8.81 Å². The van der Waals surface area contributed by atoms with E-state index >= 15 is 0 Å². The molecule has 5 rings (SSSR count). The molecule has 1 aromatic heterocycles. The molecule has 0 saturated heterocycles. The molecule has 2 heteroatoms. The third-order valence-electron chi connectivity index (χ3n) is 9.25. The van der Waals surface area contributed by atoms with Crippen LogP contribution in [0.5, 0.6) is 0 Å². The normalized spacial score (nSPS) is 20.3. The molecule has 2 unspecified atom stereocenters. The molecule has 2 nitrogen and oxygen atoms in total. The van der Waals surface area contributed by atoms with Crippen molar-refractivity contribution in [3.8, 4) is 0 Å². The number of hydrogen-bond donors (Lipinski definition) is 0. The van der Waals surface area contributed by atoms with E-state index in [-0.39, 0.29) is 10.8 Å². The molecule has 1 heterocycles. The summed E-state index contributed by atoms with van der Waals surface area (Å²) < 4.78 is 5.22. The van der Waals surface area contributed by atoms with E-state index in [9.17, 15) is 0 Å². The van der Waals surface area contributed by atoms with Crippen LogP contribution in [0, 0.1) is 11.8 Å². The molecular weight excluding hydrogens is 424 g/mol. The van der Waals surface area contributed by atoms with Crippen molar-refractivity contribution in [3.63, 3.8) is 0 Å². The smallest absolute Gasteiger partial charge is 0.233 e. The predicted octanol–water partition coefficient (Wildman–Crippen LogP) is 8.19. The first kappa shape index (κ1) is 24.3. The minimum Gasteiger partial charge on any atom is -0.233 e. The molecule has 0 N–H and O–H groups in total. The summed E-state index contributed by atoms with van der Waals surface area (Å²) in [5.74, 6) is 1.34. The van der Waals surface area contributed by atoms with E-state index in [2.05, 4.69) is 116 Å². The largest absolute Gasteiger partial charge is 0.244 e. The fraction of sp³-hybridized carbons (Fsp3) is 0.545. The average molecular weight is 470 g/mol. The van der Waals surface area contributed by atoms with Crippen molar-refractivity contribution in [2.75, 3.05) is 0 Å². The maximum Gasteiger partial charge on any atom is 0.244 e. The second-order valence-electron chi connectivity index (χ2n) is 12.4. The number of aromatic nitrogens is 2. The van der Waals surface area contributed by atoms with Crippen LogP contribution in [-0.2, 0) is 10.8 Å². The molecule has 186 valence electrons. The maximum atomic E-state index is 2.61. The summed E-state index contributed by atoms with van der Waals surface area (Å²) in [6.07, 6.45) is 17.6. The molecule has 0 radical (unpaired) electrons. The zero-order valence-corrected chi connectivity index (χ0v) is 22.4. The van der Waals surface area contributed by atoms with Gasteiger partial charge in [0.05, 0.1) is 0 Å². The van der Waals surface area contributed by atoms with Crippen LogP contribution in [0.4, 0.5) is 0 Å². The summed E-state index contributed by atoms with van der Waals surface area (Å²) in [5.41, 5.74) is 3.61. The minimum atomic E-state index is 0.267. The van der Waals surface area contributed by atoms with Gasteiger partial charge in [0.2, 0.25) is 6.33 Å². The van der Waals surface area contributed by atoms with Crippen molar-refractivity contribution >= 4 is 0 Å². The SMILES string of the molecule is CC(C)CC(n1cc[n+](C(CC(C)C)C2(c3ccccc3)CCC2)c1)C1(c2ccccc2)CCC1. The van der Waals surface area contributed by atoms with E-state index in [0.29, 0.717) is 23.9 Å². The van der Waals surface area contributed by atoms with E-state index in [1.165, 1.54) is 62.5 Å². The van der Waals surface area contributed by atoms with Crippen LogP contribution in [0.2, 0.25) is 0 Å². The average Bonchev–Trinajstić information content (AvgIpc) is 3.27. The molecule has 0 bridgehead atoms. The standard InChI is InChI=1S/C33H45N2/c1-26(2)23-30(32(17-11-18-32)28-13-7-5-8-14-28)34-21-22-35(25-34)31(24-27(3)4)33(19-12-20-33)29-15-9-6-10-16-29/h5-10,13-16,21-22,25-27,30-31H,11-12,17-20,23-24H2,1-4H3/q+1. The van der Waals surface area contributed by atoms with Gasteiger partial charge in [0, 0.05) is 10.8 Å². The fourth-order valence-electron chi connectivity index (χ4n) is 7.20. The highest BCUT2D eigenvalue weighted by molar-refractivity contribution is 5.31. The highest BCUT2D eigenvalue weighted by Crippen LogP contribution is 2.54. The van der Waals surface area contributed by atoms with E-state index in [1.807, 2.05) is 0 Å². The van der Waals surface area contributed by atoms with Crippen molar-refractivity contribution < 1.29 is 4.57 Å². The monoisotopic (exact) mass is 469 g/mol. The molecule has 2 atom stereocenters. The maximum absolute atomic E-state index is 2.61. The molecule has 2 aliphatic rings. The van der Waals surface area contributed by atoms with Gasteiger partial charge >= 0.3 is 0 Å². The Kier molecular flexibility index (Phi) is 6.93. The molecule has 2 aliphatic carbocycles. The number of hydrogen-bond acceptors (Lipinski definition) is 0. The summed E-state index contributed by atoms with van der Waals surface area (Å²) in [5, 5.41) is 0. The summed E-state index contributed by atoms with van der Waals surface area (Å²) in [7, 11) is 0. The second kappa shape index (κ2) is 9.96. The molecular formula is C33H45N2+. The molecule has 0 aliphatic heterocycles. The van der Waals surface area contributed by atoms with Crippen molar-refractivity contribution in [1.82, 2.24) is 4.57 Å². The van der Waals surface area contributed by atoms with Gasteiger partial charge in [0.1, 0.15) is 24.5 Å². The minimum absolute atomic E-state index is 0.267. The zero-order chi connectivity index (χ0) is 24.5. The lowest BCUT2D eigenvalue weighted by Gasteiger charge is -2.47. The quantitative estimate of drug-likeness (QED) is 0.265. The summed E-state index contributed by atoms with van der Waals surface area (Å²) >= 11 is 0. The van der Waals surface area contributed by atoms with E-state index < -0.39 is 0 Å². The van der Waals surface area contributed by atoms with Crippen LogP contribution in [0.1, 0.15) is 102 Å². The third-order valence-corrected chi connectivity index (χ3v) is 9.25. The molecule has 2 saturated carbocycles. The first-order valence-electron chi connectivity index (χ1n) is 14.1. The van der Waals surface area contributed by atoms with Crippen molar-refractivity contribution in [1.29, 1.82) is 0 Å². The molecule has 0 amide bonds. The van der Waals surface area contributed by atoms with E-state index in [0.717, 1.165) is 0 Å². The Bertz CT molecular complexity index is 985. The molecule has 35 heavy (non-hydrogen) atoms. The Balaban J connectivity index is 1.54. The highest BCUT2D eigenvalue weighted by Gasteiger charge is 2.51.